The number of hydrogen-bond acceptors (Lipinski definition) is 4. The third-order valence-electron chi connectivity index (χ3n) is 3.38. The van der Waals surface area contributed by atoms with E-state index in [0.29, 0.717) is 5.92 Å². The summed E-state index contributed by atoms with van der Waals surface area (Å²) in [6, 6.07) is 6.56. The molecule has 1 aliphatic rings. The van der Waals surface area contributed by atoms with Crippen molar-refractivity contribution in [1.82, 2.24) is 9.88 Å². The lowest BCUT2D eigenvalue weighted by Gasteiger charge is -2.37. The van der Waals surface area contributed by atoms with Gasteiger partial charge in [-0.05, 0) is 38.1 Å². The van der Waals surface area contributed by atoms with Crippen molar-refractivity contribution in [3.63, 3.8) is 0 Å². The van der Waals surface area contributed by atoms with Gasteiger partial charge in [-0.3, -0.25) is 4.90 Å². The lowest BCUT2D eigenvalue weighted by Crippen LogP contribution is -2.47. The van der Waals surface area contributed by atoms with Crippen molar-refractivity contribution in [2.45, 2.75) is 13.8 Å². The lowest BCUT2D eigenvalue weighted by molar-refractivity contribution is 0.240. The van der Waals surface area contributed by atoms with E-state index in [9.17, 15) is 0 Å². The van der Waals surface area contributed by atoms with Crippen LogP contribution < -0.4 is 4.90 Å². The lowest BCUT2D eigenvalue weighted by atomic mass is 10.1. The van der Waals surface area contributed by atoms with E-state index in [1.54, 1.807) is 11.3 Å². The highest BCUT2D eigenvalue weighted by Gasteiger charge is 2.21. The molecule has 1 unspecified atom stereocenters. The van der Waals surface area contributed by atoms with Crippen LogP contribution in [0, 0.1) is 12.8 Å². The van der Waals surface area contributed by atoms with Gasteiger partial charge >= 0.3 is 0 Å². The number of hydrogen-bond donors (Lipinski definition) is 0. The van der Waals surface area contributed by atoms with E-state index in [4.69, 9.17) is 4.98 Å². The van der Waals surface area contributed by atoms with Crippen LogP contribution in [0.5, 0.6) is 0 Å². The normalized spacial score (nSPS) is 21.7. The second-order valence-corrected chi connectivity index (χ2v) is 6.66. The molecule has 96 valence electrons. The maximum absolute atomic E-state index is 4.81. The van der Waals surface area contributed by atoms with Crippen molar-refractivity contribution in [2.75, 3.05) is 31.7 Å². The van der Waals surface area contributed by atoms with E-state index in [2.05, 4.69) is 48.9 Å². The maximum Gasteiger partial charge on any atom is 0.131 e. The van der Waals surface area contributed by atoms with E-state index < -0.39 is 0 Å². The predicted octanol–water partition coefficient (Wildman–Crippen LogP) is 2.95. The van der Waals surface area contributed by atoms with Gasteiger partial charge < -0.3 is 4.90 Å². The fourth-order valence-electron chi connectivity index (χ4n) is 2.75. The van der Waals surface area contributed by atoms with Crippen molar-refractivity contribution in [3.8, 4) is 0 Å². The molecule has 0 saturated carbocycles. The summed E-state index contributed by atoms with van der Waals surface area (Å²) < 4.78 is 0. The van der Waals surface area contributed by atoms with Gasteiger partial charge in [-0.2, -0.15) is 0 Å². The molecule has 3 nitrogen and oxygen atoms in total. The molecular formula is C14H19N3S. The topological polar surface area (TPSA) is 19.4 Å². The molecule has 3 heterocycles. The van der Waals surface area contributed by atoms with Crippen LogP contribution in [0.25, 0.3) is 10.2 Å². The molecule has 0 aromatic carbocycles. The maximum atomic E-state index is 4.81. The Bertz CT molecular complexity index is 553. The van der Waals surface area contributed by atoms with E-state index >= 15 is 0 Å². The third kappa shape index (κ3) is 2.22. The smallest absolute Gasteiger partial charge is 0.131 e. The van der Waals surface area contributed by atoms with Crippen LogP contribution in [-0.2, 0) is 0 Å². The minimum atomic E-state index is 0.700. The second kappa shape index (κ2) is 4.52. The van der Waals surface area contributed by atoms with Crippen molar-refractivity contribution in [3.05, 3.63) is 23.1 Å². The molecule has 1 fully saturated rings. The quantitative estimate of drug-likeness (QED) is 0.787. The minimum absolute atomic E-state index is 0.700. The molecule has 0 N–H and O–H groups in total. The zero-order valence-electron chi connectivity index (χ0n) is 11.2. The Labute approximate surface area is 112 Å². The molecule has 0 radical (unpaired) electrons. The van der Waals surface area contributed by atoms with Crippen LogP contribution in [0.15, 0.2) is 18.2 Å². The van der Waals surface area contributed by atoms with Gasteiger partial charge in [0.05, 0.1) is 6.67 Å². The molecule has 1 atom stereocenters. The molecule has 2 aromatic rings. The fourth-order valence-corrected chi connectivity index (χ4v) is 3.62. The Hall–Kier alpha value is -1.13. The van der Waals surface area contributed by atoms with E-state index in [0.717, 1.165) is 23.9 Å². The van der Waals surface area contributed by atoms with Crippen LogP contribution in [0.2, 0.25) is 0 Å². The van der Waals surface area contributed by atoms with Crippen LogP contribution in [0.4, 0.5) is 5.82 Å². The molecular weight excluding hydrogens is 242 g/mol. The van der Waals surface area contributed by atoms with Crippen LogP contribution in [-0.4, -0.2) is 36.7 Å². The van der Waals surface area contributed by atoms with Gasteiger partial charge in [-0.15, -0.1) is 11.3 Å². The van der Waals surface area contributed by atoms with Crippen LogP contribution in [0.1, 0.15) is 11.8 Å². The Morgan fingerprint density at radius 2 is 2.17 bits per heavy atom. The van der Waals surface area contributed by atoms with Crippen LogP contribution in [0.3, 0.4) is 0 Å². The molecule has 0 bridgehead atoms. The molecule has 4 heteroatoms. The Balaban J connectivity index is 1.93. The Morgan fingerprint density at radius 3 is 2.94 bits per heavy atom. The summed E-state index contributed by atoms with van der Waals surface area (Å²) in [4.78, 5) is 12.0. The van der Waals surface area contributed by atoms with Crippen molar-refractivity contribution < 1.29 is 0 Å². The monoisotopic (exact) mass is 261 g/mol. The number of pyridine rings is 1. The molecule has 1 aliphatic heterocycles. The predicted molar refractivity (Wildman–Crippen MR) is 78.4 cm³/mol. The number of aromatic nitrogens is 1. The summed E-state index contributed by atoms with van der Waals surface area (Å²) in [5.74, 6) is 1.81. The molecule has 0 spiro atoms. The van der Waals surface area contributed by atoms with Gasteiger partial charge in [0, 0.05) is 23.4 Å². The average molecular weight is 261 g/mol. The highest BCUT2D eigenvalue weighted by atomic mass is 32.1. The Morgan fingerprint density at radius 1 is 1.33 bits per heavy atom. The first kappa shape index (κ1) is 11.9. The molecule has 2 aromatic heterocycles. The van der Waals surface area contributed by atoms with Gasteiger partial charge in [-0.1, -0.05) is 6.92 Å². The molecule has 18 heavy (non-hydrogen) atoms. The molecule has 0 amide bonds. The van der Waals surface area contributed by atoms with Crippen LogP contribution >= 0.6 is 11.3 Å². The van der Waals surface area contributed by atoms with Gasteiger partial charge in [0.25, 0.3) is 0 Å². The number of aryl methyl sites for hydroxylation is 1. The number of thiophene rings is 1. The zero-order valence-corrected chi connectivity index (χ0v) is 12.0. The first-order valence-corrected chi connectivity index (χ1v) is 7.24. The van der Waals surface area contributed by atoms with Gasteiger partial charge in [0.15, 0.2) is 0 Å². The van der Waals surface area contributed by atoms with E-state index in [1.165, 1.54) is 16.8 Å². The molecule has 3 rings (SSSR count). The number of fused-ring (bicyclic) bond motifs is 1. The standard InChI is InChI=1S/C14H19N3S/c1-10-7-16(3)9-17(8-10)13-5-4-12-6-11(2)18-14(12)15-13/h4-6,10H,7-9H2,1-3H3. The summed E-state index contributed by atoms with van der Waals surface area (Å²) in [6.07, 6.45) is 0. The molecule has 1 saturated heterocycles. The largest absolute Gasteiger partial charge is 0.343 e. The van der Waals surface area contributed by atoms with E-state index in [-0.39, 0.29) is 0 Å². The Kier molecular flexibility index (Phi) is 2.99. The second-order valence-electron chi connectivity index (χ2n) is 5.43. The zero-order chi connectivity index (χ0) is 12.7. The highest BCUT2D eigenvalue weighted by molar-refractivity contribution is 7.18. The number of anilines is 1. The third-order valence-corrected chi connectivity index (χ3v) is 4.34. The summed E-state index contributed by atoms with van der Waals surface area (Å²) >= 11 is 1.78. The van der Waals surface area contributed by atoms with E-state index in [1.807, 2.05) is 0 Å². The fraction of sp³-hybridized carbons (Fsp3) is 0.500. The summed E-state index contributed by atoms with van der Waals surface area (Å²) in [7, 11) is 2.18. The highest BCUT2D eigenvalue weighted by Crippen LogP contribution is 2.27. The SMILES string of the molecule is Cc1cc2ccc(N3CC(C)CN(C)C3)nc2s1. The summed E-state index contributed by atoms with van der Waals surface area (Å²) in [5, 5.41) is 1.26. The van der Waals surface area contributed by atoms with Crippen molar-refractivity contribution >= 4 is 27.4 Å². The number of rotatable bonds is 1. The summed E-state index contributed by atoms with van der Waals surface area (Å²) in [6.45, 7) is 7.70. The summed E-state index contributed by atoms with van der Waals surface area (Å²) in [5.41, 5.74) is 0. The first-order chi connectivity index (χ1) is 8.61. The van der Waals surface area contributed by atoms with Gasteiger partial charge in [0.2, 0.25) is 0 Å². The van der Waals surface area contributed by atoms with Crippen molar-refractivity contribution in [1.29, 1.82) is 0 Å². The average Bonchev–Trinajstić information content (AvgIpc) is 2.66. The molecule has 0 aliphatic carbocycles. The number of nitrogens with zero attached hydrogens (tertiary/aromatic N) is 3. The van der Waals surface area contributed by atoms with Gasteiger partial charge in [-0.25, -0.2) is 4.98 Å². The minimum Gasteiger partial charge on any atom is -0.343 e. The van der Waals surface area contributed by atoms with Gasteiger partial charge in [0.1, 0.15) is 10.6 Å². The first-order valence-electron chi connectivity index (χ1n) is 6.42. The van der Waals surface area contributed by atoms with Crippen molar-refractivity contribution in [2.24, 2.45) is 5.92 Å².